The number of methoxy groups -OCH3 is 1. The minimum atomic E-state index is -0.158. The van der Waals surface area contributed by atoms with Gasteiger partial charge >= 0.3 is 5.97 Å². The molecule has 3 atom stereocenters. The molecule has 3 unspecified atom stereocenters. The van der Waals surface area contributed by atoms with Crippen molar-refractivity contribution in [2.75, 3.05) is 13.7 Å². The second-order valence-electron chi connectivity index (χ2n) is 4.69. The summed E-state index contributed by atoms with van der Waals surface area (Å²) in [6.07, 6.45) is 3.37. The molecule has 0 heterocycles. The topological polar surface area (TPSA) is 38.3 Å². The van der Waals surface area contributed by atoms with E-state index in [1.54, 1.807) is 0 Å². The quantitative estimate of drug-likeness (QED) is 0.650. The maximum absolute atomic E-state index is 11.6. The van der Waals surface area contributed by atoms with E-state index in [-0.39, 0.29) is 12.0 Å². The molecule has 96 valence electrons. The normalized spacial score (nSPS) is 16.6. The highest BCUT2D eigenvalue weighted by molar-refractivity contribution is 5.75. The van der Waals surface area contributed by atoms with E-state index >= 15 is 0 Å². The summed E-state index contributed by atoms with van der Waals surface area (Å²) in [6, 6.07) is -0.158. The number of carbonyl (C=O) groups excluding carboxylic acids is 1. The van der Waals surface area contributed by atoms with E-state index < -0.39 is 0 Å². The molecule has 1 N–H and O–H groups in total. The standard InChI is InChI=1S/C13H27NO2/c1-6-8-10(3)9-14-12(11(4)7-2)13(15)16-5/h10-12,14H,6-9H2,1-5H3. The average molecular weight is 229 g/mol. The lowest BCUT2D eigenvalue weighted by atomic mass is 9.98. The van der Waals surface area contributed by atoms with Crippen LogP contribution in [-0.4, -0.2) is 25.7 Å². The van der Waals surface area contributed by atoms with Crippen molar-refractivity contribution in [3.8, 4) is 0 Å². The zero-order valence-corrected chi connectivity index (χ0v) is 11.4. The van der Waals surface area contributed by atoms with E-state index in [2.05, 4.69) is 33.0 Å². The number of esters is 1. The number of rotatable bonds is 8. The molecule has 0 aliphatic carbocycles. The number of nitrogens with one attached hydrogen (secondary N) is 1. The average Bonchev–Trinajstić information content (AvgIpc) is 2.28. The van der Waals surface area contributed by atoms with Gasteiger partial charge in [0.25, 0.3) is 0 Å². The lowest BCUT2D eigenvalue weighted by Gasteiger charge is -2.23. The molecule has 3 nitrogen and oxygen atoms in total. The molecule has 0 saturated carbocycles. The Morgan fingerprint density at radius 2 is 1.94 bits per heavy atom. The van der Waals surface area contributed by atoms with Gasteiger partial charge in [0.15, 0.2) is 0 Å². The summed E-state index contributed by atoms with van der Waals surface area (Å²) in [5.74, 6) is 0.792. The molecule has 0 aliphatic heterocycles. The van der Waals surface area contributed by atoms with Gasteiger partial charge < -0.3 is 10.1 Å². The fourth-order valence-electron chi connectivity index (χ4n) is 1.80. The van der Waals surface area contributed by atoms with E-state index in [1.807, 2.05) is 0 Å². The molecular formula is C13H27NO2. The third-order valence-electron chi connectivity index (χ3n) is 3.14. The van der Waals surface area contributed by atoms with Crippen molar-refractivity contribution in [2.45, 2.75) is 53.0 Å². The van der Waals surface area contributed by atoms with Crippen LogP contribution in [0, 0.1) is 11.8 Å². The van der Waals surface area contributed by atoms with Gasteiger partial charge in [-0.3, -0.25) is 4.79 Å². The predicted molar refractivity (Wildman–Crippen MR) is 67.3 cm³/mol. The van der Waals surface area contributed by atoms with Crippen molar-refractivity contribution in [3.63, 3.8) is 0 Å². The molecular weight excluding hydrogens is 202 g/mol. The molecule has 0 bridgehead atoms. The van der Waals surface area contributed by atoms with Crippen LogP contribution in [0.1, 0.15) is 47.0 Å². The minimum absolute atomic E-state index is 0.141. The van der Waals surface area contributed by atoms with Gasteiger partial charge in [0.1, 0.15) is 6.04 Å². The molecule has 0 spiro atoms. The van der Waals surface area contributed by atoms with Crippen LogP contribution in [-0.2, 0) is 9.53 Å². The van der Waals surface area contributed by atoms with Crippen LogP contribution in [0.15, 0.2) is 0 Å². The fourth-order valence-corrected chi connectivity index (χ4v) is 1.80. The monoisotopic (exact) mass is 229 g/mol. The molecule has 0 radical (unpaired) electrons. The predicted octanol–water partition coefficient (Wildman–Crippen LogP) is 2.60. The van der Waals surface area contributed by atoms with E-state index in [0.29, 0.717) is 11.8 Å². The van der Waals surface area contributed by atoms with E-state index in [0.717, 1.165) is 13.0 Å². The molecule has 0 aromatic carbocycles. The summed E-state index contributed by atoms with van der Waals surface area (Å²) in [4.78, 5) is 11.6. The zero-order chi connectivity index (χ0) is 12.6. The lowest BCUT2D eigenvalue weighted by Crippen LogP contribution is -2.44. The molecule has 0 rings (SSSR count). The maximum atomic E-state index is 11.6. The van der Waals surface area contributed by atoms with Crippen molar-refractivity contribution >= 4 is 5.97 Å². The van der Waals surface area contributed by atoms with Gasteiger partial charge in [0, 0.05) is 0 Å². The first-order valence-electron chi connectivity index (χ1n) is 6.37. The number of ether oxygens (including phenoxy) is 1. The fraction of sp³-hybridized carbons (Fsp3) is 0.923. The summed E-state index contributed by atoms with van der Waals surface area (Å²) in [6.45, 7) is 9.46. The van der Waals surface area contributed by atoms with Crippen LogP contribution in [0.2, 0.25) is 0 Å². The van der Waals surface area contributed by atoms with E-state index in [4.69, 9.17) is 4.74 Å². The molecule has 0 amide bonds. The summed E-state index contributed by atoms with van der Waals surface area (Å²) in [5, 5.41) is 3.33. The maximum Gasteiger partial charge on any atom is 0.323 e. The Morgan fingerprint density at radius 3 is 2.38 bits per heavy atom. The minimum Gasteiger partial charge on any atom is -0.468 e. The van der Waals surface area contributed by atoms with Crippen molar-refractivity contribution in [1.82, 2.24) is 5.32 Å². The summed E-state index contributed by atoms with van der Waals surface area (Å²) >= 11 is 0. The Hall–Kier alpha value is -0.570. The van der Waals surface area contributed by atoms with Crippen molar-refractivity contribution in [3.05, 3.63) is 0 Å². The molecule has 0 aromatic heterocycles. The first-order chi connectivity index (χ1) is 7.56. The van der Waals surface area contributed by atoms with Gasteiger partial charge in [-0.25, -0.2) is 0 Å². The second kappa shape index (κ2) is 8.57. The second-order valence-corrected chi connectivity index (χ2v) is 4.69. The lowest BCUT2D eigenvalue weighted by molar-refractivity contribution is -0.144. The number of hydrogen-bond donors (Lipinski definition) is 1. The van der Waals surface area contributed by atoms with Crippen molar-refractivity contribution < 1.29 is 9.53 Å². The van der Waals surface area contributed by atoms with Crippen molar-refractivity contribution in [2.24, 2.45) is 11.8 Å². The SMILES string of the molecule is CCCC(C)CNC(C(=O)OC)C(C)CC. The van der Waals surface area contributed by atoms with Gasteiger partial charge in [-0.15, -0.1) is 0 Å². The van der Waals surface area contributed by atoms with E-state index in [1.165, 1.54) is 20.0 Å². The molecule has 16 heavy (non-hydrogen) atoms. The van der Waals surface area contributed by atoms with Crippen LogP contribution >= 0.6 is 0 Å². The highest BCUT2D eigenvalue weighted by Crippen LogP contribution is 2.11. The highest BCUT2D eigenvalue weighted by atomic mass is 16.5. The molecule has 3 heteroatoms. The summed E-state index contributed by atoms with van der Waals surface area (Å²) in [5.41, 5.74) is 0. The largest absolute Gasteiger partial charge is 0.468 e. The molecule has 0 aromatic rings. The van der Waals surface area contributed by atoms with E-state index in [9.17, 15) is 4.79 Å². The smallest absolute Gasteiger partial charge is 0.323 e. The summed E-state index contributed by atoms with van der Waals surface area (Å²) in [7, 11) is 1.45. The third kappa shape index (κ3) is 5.50. The molecule has 0 aliphatic rings. The Labute approximate surface area is 99.9 Å². The van der Waals surface area contributed by atoms with Crippen molar-refractivity contribution in [1.29, 1.82) is 0 Å². The van der Waals surface area contributed by atoms with Gasteiger partial charge in [-0.1, -0.05) is 40.5 Å². The van der Waals surface area contributed by atoms with Crippen LogP contribution in [0.5, 0.6) is 0 Å². The summed E-state index contributed by atoms with van der Waals surface area (Å²) < 4.78 is 4.83. The van der Waals surface area contributed by atoms with Gasteiger partial charge in [0.2, 0.25) is 0 Å². The Bertz CT molecular complexity index is 194. The van der Waals surface area contributed by atoms with Gasteiger partial charge in [-0.2, -0.15) is 0 Å². The van der Waals surface area contributed by atoms with Crippen LogP contribution in [0.3, 0.4) is 0 Å². The highest BCUT2D eigenvalue weighted by Gasteiger charge is 2.24. The molecule has 0 saturated heterocycles. The van der Waals surface area contributed by atoms with Gasteiger partial charge in [0.05, 0.1) is 7.11 Å². The number of carbonyl (C=O) groups is 1. The Kier molecular flexibility index (Phi) is 8.26. The third-order valence-corrected chi connectivity index (χ3v) is 3.14. The van der Waals surface area contributed by atoms with Crippen LogP contribution < -0.4 is 5.32 Å². The van der Waals surface area contributed by atoms with Gasteiger partial charge in [-0.05, 0) is 24.8 Å². The molecule has 0 fully saturated rings. The van der Waals surface area contributed by atoms with Crippen LogP contribution in [0.4, 0.5) is 0 Å². The Morgan fingerprint density at radius 1 is 1.31 bits per heavy atom. The Balaban J connectivity index is 4.16. The van der Waals surface area contributed by atoms with Crippen LogP contribution in [0.25, 0.3) is 0 Å². The first-order valence-corrected chi connectivity index (χ1v) is 6.37. The first kappa shape index (κ1) is 15.4. The zero-order valence-electron chi connectivity index (χ0n) is 11.4. The number of hydrogen-bond acceptors (Lipinski definition) is 3.